The second kappa shape index (κ2) is 3.71. The molecule has 0 aromatic carbocycles. The zero-order chi connectivity index (χ0) is 11.9. The first-order chi connectivity index (χ1) is 7.40. The number of hydrogen-bond acceptors (Lipinski definition) is 4. The van der Waals surface area contributed by atoms with Crippen LogP contribution in [0.4, 0.5) is 5.69 Å². The maximum atomic E-state index is 11.9. The molecule has 86 valence electrons. The number of halogens is 1. The molecule has 1 aliphatic rings. The Morgan fingerprint density at radius 3 is 2.88 bits per heavy atom. The number of carbonyl (C=O) groups excluding carboxylic acids is 1. The van der Waals surface area contributed by atoms with Crippen LogP contribution in [0.25, 0.3) is 0 Å². The summed E-state index contributed by atoms with van der Waals surface area (Å²) >= 11 is 5.64. The maximum Gasteiger partial charge on any atom is 0.228 e. The summed E-state index contributed by atoms with van der Waals surface area (Å²) in [7, 11) is -3.56. The second-order valence-corrected chi connectivity index (χ2v) is 6.00. The van der Waals surface area contributed by atoms with E-state index in [9.17, 15) is 13.2 Å². The van der Waals surface area contributed by atoms with Gasteiger partial charge < -0.3 is 5.32 Å². The highest BCUT2D eigenvalue weighted by Gasteiger charge is 2.31. The fourth-order valence-corrected chi connectivity index (χ4v) is 3.35. The molecule has 16 heavy (non-hydrogen) atoms. The van der Waals surface area contributed by atoms with Crippen molar-refractivity contribution in [2.45, 2.75) is 11.9 Å². The third-order valence-corrected chi connectivity index (χ3v) is 4.35. The molecule has 0 saturated carbocycles. The highest BCUT2D eigenvalue weighted by Crippen LogP contribution is 2.27. The number of rotatable bonds is 0. The predicted molar refractivity (Wildman–Crippen MR) is 59.1 cm³/mol. The van der Waals surface area contributed by atoms with Crippen LogP contribution in [0.1, 0.15) is 6.92 Å². The SMILES string of the molecule is CC1CS(=O)(=O)c2nc(Cl)ccc2NC1=O. The Labute approximate surface area is 97.7 Å². The molecule has 0 radical (unpaired) electrons. The number of amides is 1. The molecule has 0 saturated heterocycles. The zero-order valence-electron chi connectivity index (χ0n) is 8.40. The molecule has 1 atom stereocenters. The van der Waals surface area contributed by atoms with Crippen molar-refractivity contribution >= 4 is 33.0 Å². The average Bonchev–Trinajstić information content (AvgIpc) is 2.26. The van der Waals surface area contributed by atoms with E-state index < -0.39 is 15.8 Å². The summed E-state index contributed by atoms with van der Waals surface area (Å²) < 4.78 is 23.8. The molecule has 7 heteroatoms. The molecule has 1 aliphatic heterocycles. The van der Waals surface area contributed by atoms with E-state index in [1.807, 2.05) is 0 Å². The zero-order valence-corrected chi connectivity index (χ0v) is 9.97. The van der Waals surface area contributed by atoms with E-state index in [0.717, 1.165) is 0 Å². The minimum absolute atomic E-state index is 0.0890. The molecular formula is C9H9ClN2O3S. The van der Waals surface area contributed by atoms with E-state index in [2.05, 4.69) is 10.3 Å². The Morgan fingerprint density at radius 2 is 2.19 bits per heavy atom. The Kier molecular flexibility index (Phi) is 2.63. The largest absolute Gasteiger partial charge is 0.323 e. The van der Waals surface area contributed by atoms with Gasteiger partial charge in [-0.15, -0.1) is 0 Å². The van der Waals surface area contributed by atoms with E-state index in [-0.39, 0.29) is 27.5 Å². The monoisotopic (exact) mass is 260 g/mol. The maximum absolute atomic E-state index is 11.9. The smallest absolute Gasteiger partial charge is 0.228 e. The molecule has 0 bridgehead atoms. The average molecular weight is 261 g/mol. The second-order valence-electron chi connectivity index (χ2n) is 3.66. The first-order valence-electron chi connectivity index (χ1n) is 4.60. The van der Waals surface area contributed by atoms with Crippen LogP contribution in [-0.2, 0) is 14.6 Å². The Balaban J connectivity index is 2.66. The van der Waals surface area contributed by atoms with Crippen LogP contribution < -0.4 is 5.32 Å². The van der Waals surface area contributed by atoms with Gasteiger partial charge in [0.25, 0.3) is 0 Å². The highest BCUT2D eigenvalue weighted by molar-refractivity contribution is 7.91. The van der Waals surface area contributed by atoms with Crippen LogP contribution in [0.15, 0.2) is 17.2 Å². The fraction of sp³-hybridized carbons (Fsp3) is 0.333. The van der Waals surface area contributed by atoms with Crippen LogP contribution in [0, 0.1) is 5.92 Å². The topological polar surface area (TPSA) is 76.1 Å². The standard InChI is InChI=1S/C9H9ClN2O3S/c1-5-4-16(14,15)9-6(11-8(5)13)2-3-7(10)12-9/h2-3,5H,4H2,1H3,(H,11,13). The van der Waals surface area contributed by atoms with Crippen molar-refractivity contribution in [2.24, 2.45) is 5.92 Å². The van der Waals surface area contributed by atoms with Gasteiger partial charge in [0.1, 0.15) is 5.15 Å². The van der Waals surface area contributed by atoms with Crippen molar-refractivity contribution in [2.75, 3.05) is 11.1 Å². The van der Waals surface area contributed by atoms with E-state index in [1.165, 1.54) is 12.1 Å². The van der Waals surface area contributed by atoms with Crippen molar-refractivity contribution in [1.82, 2.24) is 4.98 Å². The Bertz CT molecular complexity index is 556. The summed E-state index contributed by atoms with van der Waals surface area (Å²) in [6.07, 6.45) is 0. The fourth-order valence-electron chi connectivity index (χ4n) is 1.49. The lowest BCUT2D eigenvalue weighted by molar-refractivity contribution is -0.118. The number of nitrogens with zero attached hydrogens (tertiary/aromatic N) is 1. The minimum Gasteiger partial charge on any atom is -0.323 e. The van der Waals surface area contributed by atoms with Gasteiger partial charge in [-0.05, 0) is 12.1 Å². The first kappa shape index (κ1) is 11.3. The minimum atomic E-state index is -3.56. The Hall–Kier alpha value is -1.14. The summed E-state index contributed by atoms with van der Waals surface area (Å²) in [6, 6.07) is 2.88. The summed E-state index contributed by atoms with van der Waals surface area (Å²) in [5, 5.41) is 2.45. The number of carbonyl (C=O) groups is 1. The summed E-state index contributed by atoms with van der Waals surface area (Å²) in [5.74, 6) is -1.18. The van der Waals surface area contributed by atoms with Gasteiger partial charge in [0.05, 0.1) is 11.4 Å². The molecule has 1 amide bonds. The van der Waals surface area contributed by atoms with Crippen LogP contribution >= 0.6 is 11.6 Å². The van der Waals surface area contributed by atoms with E-state index >= 15 is 0 Å². The highest BCUT2D eigenvalue weighted by atomic mass is 35.5. The van der Waals surface area contributed by atoms with Crippen molar-refractivity contribution in [3.63, 3.8) is 0 Å². The number of sulfone groups is 1. The molecule has 0 spiro atoms. The number of anilines is 1. The quantitative estimate of drug-likeness (QED) is 0.709. The predicted octanol–water partition coefficient (Wildman–Crippen LogP) is 1.10. The first-order valence-corrected chi connectivity index (χ1v) is 6.63. The van der Waals surface area contributed by atoms with Crippen LogP contribution in [-0.4, -0.2) is 25.1 Å². The van der Waals surface area contributed by atoms with Gasteiger partial charge in [0, 0.05) is 5.92 Å². The van der Waals surface area contributed by atoms with Crippen molar-refractivity contribution in [1.29, 1.82) is 0 Å². The number of aromatic nitrogens is 1. The number of fused-ring (bicyclic) bond motifs is 1. The van der Waals surface area contributed by atoms with Gasteiger partial charge >= 0.3 is 0 Å². The van der Waals surface area contributed by atoms with Gasteiger partial charge in [0.2, 0.25) is 5.91 Å². The van der Waals surface area contributed by atoms with E-state index in [1.54, 1.807) is 6.92 Å². The molecule has 1 aromatic heterocycles. The van der Waals surface area contributed by atoms with Gasteiger partial charge in [0.15, 0.2) is 14.9 Å². The van der Waals surface area contributed by atoms with Crippen molar-refractivity contribution in [3.8, 4) is 0 Å². The molecule has 0 aliphatic carbocycles. The molecule has 1 unspecified atom stereocenters. The molecular weight excluding hydrogens is 252 g/mol. The number of pyridine rings is 1. The van der Waals surface area contributed by atoms with Gasteiger partial charge in [-0.3, -0.25) is 4.79 Å². The van der Waals surface area contributed by atoms with Gasteiger partial charge in [-0.25, -0.2) is 13.4 Å². The molecule has 2 rings (SSSR count). The lowest BCUT2D eigenvalue weighted by Gasteiger charge is -2.04. The number of nitrogens with one attached hydrogen (secondary N) is 1. The normalized spacial score (nSPS) is 23.1. The molecule has 2 heterocycles. The summed E-state index contributed by atoms with van der Waals surface area (Å²) in [5.41, 5.74) is 0.193. The van der Waals surface area contributed by atoms with Crippen LogP contribution in [0.2, 0.25) is 5.15 Å². The van der Waals surface area contributed by atoms with Gasteiger partial charge in [-0.2, -0.15) is 0 Å². The molecule has 1 aromatic rings. The van der Waals surface area contributed by atoms with Crippen molar-refractivity contribution in [3.05, 3.63) is 17.3 Å². The lowest BCUT2D eigenvalue weighted by atomic mass is 10.2. The molecule has 5 nitrogen and oxygen atoms in total. The van der Waals surface area contributed by atoms with Gasteiger partial charge in [-0.1, -0.05) is 18.5 Å². The third-order valence-electron chi connectivity index (χ3n) is 2.30. The molecule has 1 N–H and O–H groups in total. The number of hydrogen-bond donors (Lipinski definition) is 1. The summed E-state index contributed by atoms with van der Waals surface area (Å²) in [4.78, 5) is 15.3. The lowest BCUT2D eigenvalue weighted by Crippen LogP contribution is -2.22. The van der Waals surface area contributed by atoms with E-state index in [4.69, 9.17) is 11.6 Å². The van der Waals surface area contributed by atoms with E-state index in [0.29, 0.717) is 0 Å². The van der Waals surface area contributed by atoms with Crippen LogP contribution in [0.5, 0.6) is 0 Å². The Morgan fingerprint density at radius 1 is 1.50 bits per heavy atom. The summed E-state index contributed by atoms with van der Waals surface area (Å²) in [6.45, 7) is 1.56. The molecule has 0 fully saturated rings. The van der Waals surface area contributed by atoms with Crippen LogP contribution in [0.3, 0.4) is 0 Å². The third kappa shape index (κ3) is 1.90. The van der Waals surface area contributed by atoms with Crippen molar-refractivity contribution < 1.29 is 13.2 Å².